The van der Waals surface area contributed by atoms with E-state index in [-0.39, 0.29) is 12.5 Å². The van der Waals surface area contributed by atoms with Crippen LogP contribution in [0, 0.1) is 0 Å². The van der Waals surface area contributed by atoms with Crippen LogP contribution in [0.5, 0.6) is 0 Å². The molecule has 4 rings (SSSR count). The van der Waals surface area contributed by atoms with E-state index in [1.807, 2.05) is 54.6 Å². The quantitative estimate of drug-likeness (QED) is 0.394. The van der Waals surface area contributed by atoms with Crippen molar-refractivity contribution < 1.29 is 14.3 Å². The molecule has 1 aliphatic carbocycles. The van der Waals surface area contributed by atoms with Crippen molar-refractivity contribution in [2.75, 3.05) is 6.61 Å². The predicted octanol–water partition coefficient (Wildman–Crippen LogP) is 3.79. The fourth-order valence-electron chi connectivity index (χ4n) is 3.99. The van der Waals surface area contributed by atoms with Crippen LogP contribution in [-0.2, 0) is 11.2 Å². The lowest BCUT2D eigenvalue weighted by Crippen LogP contribution is -2.39. The molecule has 0 saturated carbocycles. The minimum atomic E-state index is -0.777. The average Bonchev–Trinajstić information content (AvgIpc) is 3.12. The zero-order chi connectivity index (χ0) is 22.3. The molecule has 7 heteroatoms. The highest BCUT2D eigenvalue weighted by molar-refractivity contribution is 5.80. The first-order valence-electron chi connectivity index (χ1n) is 10.4. The lowest BCUT2D eigenvalue weighted by atomic mass is 9.98. The number of hydrogen-bond acceptors (Lipinski definition) is 4. The third-order valence-corrected chi connectivity index (χ3v) is 5.37. The molecule has 0 spiro atoms. The molecule has 3 amide bonds. The van der Waals surface area contributed by atoms with Crippen LogP contribution < -0.4 is 16.5 Å². The highest BCUT2D eigenvalue weighted by Gasteiger charge is 2.29. The number of benzene rings is 3. The fourth-order valence-corrected chi connectivity index (χ4v) is 3.99. The summed E-state index contributed by atoms with van der Waals surface area (Å²) in [4.78, 5) is 23.5. The highest BCUT2D eigenvalue weighted by atomic mass is 16.5. The molecule has 0 fully saturated rings. The van der Waals surface area contributed by atoms with E-state index in [1.165, 1.54) is 17.3 Å². The van der Waals surface area contributed by atoms with Crippen molar-refractivity contribution in [3.05, 3.63) is 95.6 Å². The van der Waals surface area contributed by atoms with Crippen molar-refractivity contribution in [2.24, 2.45) is 10.8 Å². The number of carbonyl (C=O) groups excluding carboxylic acids is 2. The van der Waals surface area contributed by atoms with Crippen molar-refractivity contribution in [1.29, 1.82) is 0 Å². The third kappa shape index (κ3) is 4.95. The Bertz CT molecular complexity index is 1090. The summed E-state index contributed by atoms with van der Waals surface area (Å²) in [6.07, 6.45) is 1.35. The van der Waals surface area contributed by atoms with Gasteiger partial charge in [-0.1, -0.05) is 78.9 Å². The number of carbonyl (C=O) groups is 2. The summed E-state index contributed by atoms with van der Waals surface area (Å²) >= 11 is 0. The number of ether oxygens (including phenoxy) is 1. The van der Waals surface area contributed by atoms with E-state index in [0.717, 1.165) is 16.7 Å². The van der Waals surface area contributed by atoms with Crippen LogP contribution in [0.4, 0.5) is 9.59 Å². The number of hydrazone groups is 1. The second-order valence-electron chi connectivity index (χ2n) is 7.52. The molecule has 0 bridgehead atoms. The fraction of sp³-hybridized carbons (Fsp3) is 0.160. The van der Waals surface area contributed by atoms with Gasteiger partial charge in [0.1, 0.15) is 6.61 Å². The van der Waals surface area contributed by atoms with E-state index in [0.29, 0.717) is 6.42 Å². The molecule has 0 saturated heterocycles. The number of rotatable bonds is 7. The second-order valence-corrected chi connectivity index (χ2v) is 7.52. The summed E-state index contributed by atoms with van der Waals surface area (Å²) in [7, 11) is 0. The average molecular weight is 428 g/mol. The van der Waals surface area contributed by atoms with E-state index in [4.69, 9.17) is 10.5 Å². The molecule has 3 aromatic rings. The zero-order valence-electron chi connectivity index (χ0n) is 17.4. The van der Waals surface area contributed by atoms with Crippen LogP contribution in [0.2, 0.25) is 0 Å². The van der Waals surface area contributed by atoms with Gasteiger partial charge in [-0.25, -0.2) is 15.0 Å². The Morgan fingerprint density at radius 3 is 2.16 bits per heavy atom. The highest BCUT2D eigenvalue weighted by Crippen LogP contribution is 2.44. The van der Waals surface area contributed by atoms with Gasteiger partial charge in [0, 0.05) is 12.1 Å². The molecule has 3 aromatic carbocycles. The van der Waals surface area contributed by atoms with Gasteiger partial charge in [0.15, 0.2) is 0 Å². The van der Waals surface area contributed by atoms with Crippen molar-refractivity contribution in [2.45, 2.75) is 18.4 Å². The maximum Gasteiger partial charge on any atom is 0.407 e. The number of hydrogen-bond donors (Lipinski definition) is 3. The Morgan fingerprint density at radius 1 is 0.938 bits per heavy atom. The number of nitrogens with two attached hydrogens (primary N) is 1. The summed E-state index contributed by atoms with van der Waals surface area (Å²) in [5.74, 6) is -0.0223. The lowest BCUT2D eigenvalue weighted by Gasteiger charge is -2.17. The number of fused-ring (bicyclic) bond motifs is 3. The topological polar surface area (TPSA) is 106 Å². The smallest absolute Gasteiger partial charge is 0.407 e. The van der Waals surface area contributed by atoms with Crippen LogP contribution in [-0.4, -0.2) is 31.0 Å². The summed E-state index contributed by atoms with van der Waals surface area (Å²) in [6, 6.07) is 24.7. The Hall–Kier alpha value is -4.13. The maximum absolute atomic E-state index is 12.6. The number of primary amides is 1. The van der Waals surface area contributed by atoms with E-state index in [1.54, 1.807) is 0 Å². The second kappa shape index (κ2) is 9.78. The van der Waals surface area contributed by atoms with Gasteiger partial charge in [0.25, 0.3) is 0 Å². The van der Waals surface area contributed by atoms with Gasteiger partial charge < -0.3 is 15.8 Å². The van der Waals surface area contributed by atoms with Crippen molar-refractivity contribution in [3.8, 4) is 11.1 Å². The predicted molar refractivity (Wildman–Crippen MR) is 123 cm³/mol. The number of amides is 3. The SMILES string of the molecule is NC(=O)N/N=C/C(Cc1ccccc1)NC(=O)OCC1c2ccccc2-c2ccccc21. The van der Waals surface area contributed by atoms with Gasteiger partial charge in [-0.2, -0.15) is 5.10 Å². The van der Waals surface area contributed by atoms with Gasteiger partial charge in [-0.05, 0) is 34.2 Å². The third-order valence-electron chi connectivity index (χ3n) is 5.37. The van der Waals surface area contributed by atoms with Crippen molar-refractivity contribution in [3.63, 3.8) is 0 Å². The van der Waals surface area contributed by atoms with E-state index in [9.17, 15) is 9.59 Å². The lowest BCUT2D eigenvalue weighted by molar-refractivity contribution is 0.141. The summed E-state index contributed by atoms with van der Waals surface area (Å²) in [5.41, 5.74) is 12.8. The molecular weight excluding hydrogens is 404 g/mol. The van der Waals surface area contributed by atoms with Gasteiger partial charge in [-0.15, -0.1) is 0 Å². The van der Waals surface area contributed by atoms with Gasteiger partial charge in [-0.3, -0.25) is 0 Å². The van der Waals surface area contributed by atoms with E-state index < -0.39 is 18.2 Å². The monoisotopic (exact) mass is 428 g/mol. The minimum Gasteiger partial charge on any atom is -0.449 e. The maximum atomic E-state index is 12.6. The molecule has 1 aliphatic rings. The molecule has 0 radical (unpaired) electrons. The van der Waals surface area contributed by atoms with Crippen molar-refractivity contribution in [1.82, 2.24) is 10.7 Å². The Kier molecular flexibility index (Phi) is 6.46. The van der Waals surface area contributed by atoms with Gasteiger partial charge in [0.2, 0.25) is 0 Å². The Morgan fingerprint density at radius 2 is 1.53 bits per heavy atom. The molecule has 0 heterocycles. The minimum absolute atomic E-state index is 0.0223. The molecule has 4 N–H and O–H groups in total. The van der Waals surface area contributed by atoms with Crippen LogP contribution in [0.25, 0.3) is 11.1 Å². The Balaban J connectivity index is 1.43. The first kappa shape index (κ1) is 21.1. The number of alkyl carbamates (subject to hydrolysis) is 1. The molecule has 1 unspecified atom stereocenters. The van der Waals surface area contributed by atoms with Crippen molar-refractivity contribution >= 4 is 18.3 Å². The van der Waals surface area contributed by atoms with Gasteiger partial charge >= 0.3 is 12.1 Å². The molecular formula is C25H24N4O3. The summed E-state index contributed by atoms with van der Waals surface area (Å²) in [6.45, 7) is 0.217. The standard InChI is InChI=1S/C25H24N4O3/c26-24(30)29-27-15-18(14-17-8-2-1-3-9-17)28-25(31)32-16-23-21-12-6-4-10-19(21)20-11-5-7-13-22(20)23/h1-13,15,18,23H,14,16H2,(H,28,31)(H3,26,29,30)/b27-15+. The first-order valence-corrected chi connectivity index (χ1v) is 10.4. The van der Waals surface area contributed by atoms with Crippen LogP contribution in [0.3, 0.4) is 0 Å². The van der Waals surface area contributed by atoms with E-state index in [2.05, 4.69) is 40.1 Å². The number of nitrogens with one attached hydrogen (secondary N) is 2. The normalized spacial score (nSPS) is 13.2. The molecule has 0 aliphatic heterocycles. The number of urea groups is 1. The van der Waals surface area contributed by atoms with Crippen LogP contribution in [0.15, 0.2) is 84.0 Å². The van der Waals surface area contributed by atoms with Crippen LogP contribution >= 0.6 is 0 Å². The summed E-state index contributed by atoms with van der Waals surface area (Å²) < 4.78 is 5.61. The van der Waals surface area contributed by atoms with Gasteiger partial charge in [0.05, 0.1) is 6.04 Å². The Labute approximate surface area is 186 Å². The molecule has 162 valence electrons. The first-order chi connectivity index (χ1) is 15.6. The molecule has 0 aromatic heterocycles. The molecule has 32 heavy (non-hydrogen) atoms. The summed E-state index contributed by atoms with van der Waals surface area (Å²) in [5, 5.41) is 6.61. The van der Waals surface area contributed by atoms with Crippen LogP contribution in [0.1, 0.15) is 22.6 Å². The largest absolute Gasteiger partial charge is 0.449 e. The molecule has 7 nitrogen and oxygen atoms in total. The number of nitrogens with zero attached hydrogens (tertiary/aromatic N) is 1. The van der Waals surface area contributed by atoms with E-state index >= 15 is 0 Å². The molecule has 1 atom stereocenters. The zero-order valence-corrected chi connectivity index (χ0v) is 17.4.